The van der Waals surface area contributed by atoms with Crippen LogP contribution in [0.4, 0.5) is 17.1 Å². The molecule has 0 radical (unpaired) electrons. The molecule has 0 saturated carbocycles. The summed E-state index contributed by atoms with van der Waals surface area (Å²) in [6.45, 7) is 2.17. The second-order valence-electron chi connectivity index (χ2n) is 17.0. The second-order valence-corrected chi connectivity index (χ2v) is 17.0. The van der Waals surface area contributed by atoms with Gasteiger partial charge in [0.1, 0.15) is 22.3 Å². The van der Waals surface area contributed by atoms with Crippen LogP contribution in [0, 0.1) is 6.92 Å². The zero-order valence-electron chi connectivity index (χ0n) is 35.6. The normalized spacial score (nSPS) is 11.8. The van der Waals surface area contributed by atoms with Crippen molar-refractivity contribution in [3.05, 3.63) is 230 Å². The van der Waals surface area contributed by atoms with Gasteiger partial charge in [0, 0.05) is 60.6 Å². The molecule has 0 amide bonds. The Balaban J connectivity index is 0.894. The molecule has 0 aliphatic heterocycles. The van der Waals surface area contributed by atoms with Crippen molar-refractivity contribution in [1.29, 1.82) is 0 Å². The first-order valence-corrected chi connectivity index (χ1v) is 22.1. The lowest BCUT2D eigenvalue weighted by Crippen LogP contribution is -2.09. The topological polar surface area (TPSA) is 34.5 Å². The van der Waals surface area contributed by atoms with Gasteiger partial charge in [0.05, 0.1) is 11.0 Å². The highest BCUT2D eigenvalue weighted by Gasteiger charge is 2.18. The molecule has 306 valence electrons. The maximum Gasteiger partial charge on any atom is 0.143 e. The molecule has 3 aromatic heterocycles. The second kappa shape index (κ2) is 14.8. The van der Waals surface area contributed by atoms with Crippen molar-refractivity contribution in [2.45, 2.75) is 6.92 Å². The predicted molar refractivity (Wildman–Crippen MR) is 271 cm³/mol. The molecule has 10 aromatic carbocycles. The standard InChI is InChI=1S/C61H40N2O2/c1-39-18-33-56-53(36-39)54-37-43(25-34-57(54)63(56)45-10-3-2-4-11-45)40-19-27-46(28-20-40)62(47-29-21-41(22-30-47)44-26-35-60-55(38-44)51-13-6-7-16-58(51)64-60)48-31-23-42(24-32-48)49-14-9-15-52-50-12-5-8-17-59(50)65-61(49)52/h2-38H,1H3. The molecule has 13 rings (SSSR count). The van der Waals surface area contributed by atoms with Crippen LogP contribution in [0.5, 0.6) is 0 Å². The summed E-state index contributed by atoms with van der Waals surface area (Å²) < 4.78 is 15.0. The van der Waals surface area contributed by atoms with E-state index in [2.05, 4.69) is 217 Å². The molecule has 4 heteroatoms. The van der Waals surface area contributed by atoms with Gasteiger partial charge in [-0.2, -0.15) is 0 Å². The summed E-state index contributed by atoms with van der Waals surface area (Å²) in [5.74, 6) is 0. The van der Waals surface area contributed by atoms with Crippen molar-refractivity contribution >= 4 is 82.7 Å². The number of aromatic nitrogens is 1. The molecule has 0 aliphatic rings. The van der Waals surface area contributed by atoms with Crippen LogP contribution in [0.2, 0.25) is 0 Å². The van der Waals surface area contributed by atoms with Gasteiger partial charge in [0.15, 0.2) is 0 Å². The monoisotopic (exact) mass is 832 g/mol. The number of nitrogens with zero attached hydrogens (tertiary/aromatic N) is 2. The molecule has 0 unspecified atom stereocenters. The molecule has 0 aliphatic carbocycles. The molecule has 4 nitrogen and oxygen atoms in total. The number of hydrogen-bond donors (Lipinski definition) is 0. The van der Waals surface area contributed by atoms with Crippen LogP contribution in [0.25, 0.3) is 105 Å². The smallest absolute Gasteiger partial charge is 0.143 e. The maximum atomic E-state index is 6.44. The molecule has 3 heterocycles. The summed E-state index contributed by atoms with van der Waals surface area (Å²) in [4.78, 5) is 2.34. The zero-order valence-corrected chi connectivity index (χ0v) is 35.6. The van der Waals surface area contributed by atoms with Crippen molar-refractivity contribution < 1.29 is 8.83 Å². The van der Waals surface area contributed by atoms with Gasteiger partial charge >= 0.3 is 0 Å². The molecule has 0 saturated heterocycles. The zero-order chi connectivity index (χ0) is 43.0. The number of fused-ring (bicyclic) bond motifs is 9. The Kier molecular flexibility index (Phi) is 8.40. The fourth-order valence-electron chi connectivity index (χ4n) is 9.90. The third-order valence-electron chi connectivity index (χ3n) is 13.1. The summed E-state index contributed by atoms with van der Waals surface area (Å²) in [6.07, 6.45) is 0. The van der Waals surface area contributed by atoms with Gasteiger partial charge in [-0.25, -0.2) is 0 Å². The van der Waals surface area contributed by atoms with E-state index >= 15 is 0 Å². The van der Waals surface area contributed by atoms with Gasteiger partial charge in [-0.05, 0) is 132 Å². The molecule has 0 fully saturated rings. The maximum absolute atomic E-state index is 6.44. The highest BCUT2D eigenvalue weighted by molar-refractivity contribution is 6.12. The molecular formula is C61H40N2O2. The Bertz CT molecular complexity index is 3930. The van der Waals surface area contributed by atoms with Crippen LogP contribution in [-0.4, -0.2) is 4.57 Å². The Morgan fingerprint density at radius 2 is 0.831 bits per heavy atom. The van der Waals surface area contributed by atoms with Crippen molar-refractivity contribution in [1.82, 2.24) is 4.57 Å². The van der Waals surface area contributed by atoms with Crippen LogP contribution in [0.3, 0.4) is 0 Å². The summed E-state index contributed by atoms with van der Waals surface area (Å²) >= 11 is 0. The lowest BCUT2D eigenvalue weighted by molar-refractivity contribution is 0.669. The number of para-hydroxylation sites is 4. The van der Waals surface area contributed by atoms with Crippen LogP contribution in [-0.2, 0) is 0 Å². The number of aryl methyl sites for hydroxylation is 1. The molecule has 0 spiro atoms. The van der Waals surface area contributed by atoms with E-state index in [9.17, 15) is 0 Å². The van der Waals surface area contributed by atoms with E-state index in [-0.39, 0.29) is 0 Å². The van der Waals surface area contributed by atoms with Gasteiger partial charge in [0.25, 0.3) is 0 Å². The SMILES string of the molecule is Cc1ccc2c(c1)c1cc(-c3ccc(N(c4ccc(-c5ccc6oc7ccccc7c6c5)cc4)c4ccc(-c5cccc6c5oc5ccccc56)cc4)cc3)ccc1n2-c1ccccc1. The third kappa shape index (κ3) is 6.14. The van der Waals surface area contributed by atoms with Crippen LogP contribution >= 0.6 is 0 Å². The highest BCUT2D eigenvalue weighted by atomic mass is 16.3. The number of hydrogen-bond acceptors (Lipinski definition) is 3. The third-order valence-corrected chi connectivity index (χ3v) is 13.1. The quantitative estimate of drug-likeness (QED) is 0.160. The van der Waals surface area contributed by atoms with Gasteiger partial charge in [-0.15, -0.1) is 0 Å². The van der Waals surface area contributed by atoms with Crippen LogP contribution in [0.1, 0.15) is 5.56 Å². The average molecular weight is 833 g/mol. The van der Waals surface area contributed by atoms with Gasteiger partial charge < -0.3 is 18.3 Å². The summed E-state index contributed by atoms with van der Waals surface area (Å²) in [6, 6.07) is 80.4. The van der Waals surface area contributed by atoms with Gasteiger partial charge in [-0.3, -0.25) is 0 Å². The number of anilines is 3. The first-order chi connectivity index (χ1) is 32.1. The number of benzene rings is 10. The summed E-state index contributed by atoms with van der Waals surface area (Å²) in [5, 5.41) is 7.01. The predicted octanol–water partition coefficient (Wildman–Crippen LogP) is 17.4. The van der Waals surface area contributed by atoms with Crippen molar-refractivity contribution in [2.75, 3.05) is 4.90 Å². The van der Waals surface area contributed by atoms with Crippen molar-refractivity contribution in [2.24, 2.45) is 0 Å². The molecule has 0 bridgehead atoms. The van der Waals surface area contributed by atoms with Crippen molar-refractivity contribution in [3.63, 3.8) is 0 Å². The molecule has 65 heavy (non-hydrogen) atoms. The van der Waals surface area contributed by atoms with E-state index in [1.807, 2.05) is 24.3 Å². The van der Waals surface area contributed by atoms with E-state index < -0.39 is 0 Å². The number of rotatable bonds is 7. The van der Waals surface area contributed by atoms with E-state index in [0.29, 0.717) is 0 Å². The van der Waals surface area contributed by atoms with E-state index in [1.54, 1.807) is 0 Å². The fourth-order valence-corrected chi connectivity index (χ4v) is 9.90. The number of furan rings is 2. The van der Waals surface area contributed by atoms with Crippen molar-refractivity contribution in [3.8, 4) is 39.1 Å². The molecular weight excluding hydrogens is 793 g/mol. The average Bonchev–Trinajstić information content (AvgIpc) is 4.04. The summed E-state index contributed by atoms with van der Waals surface area (Å²) in [7, 11) is 0. The van der Waals surface area contributed by atoms with Crippen LogP contribution in [0.15, 0.2) is 233 Å². The largest absolute Gasteiger partial charge is 0.456 e. The minimum Gasteiger partial charge on any atom is -0.456 e. The fraction of sp³-hybridized carbons (Fsp3) is 0.0164. The Morgan fingerprint density at radius 3 is 1.51 bits per heavy atom. The Labute approximate surface area is 375 Å². The summed E-state index contributed by atoms with van der Waals surface area (Å²) in [5.41, 5.74) is 18.4. The first-order valence-electron chi connectivity index (χ1n) is 22.1. The highest BCUT2D eigenvalue weighted by Crippen LogP contribution is 2.42. The van der Waals surface area contributed by atoms with Gasteiger partial charge in [-0.1, -0.05) is 133 Å². The molecule has 0 atom stereocenters. The lowest BCUT2D eigenvalue weighted by atomic mass is 10.00. The van der Waals surface area contributed by atoms with E-state index in [1.165, 1.54) is 32.9 Å². The van der Waals surface area contributed by atoms with E-state index in [4.69, 9.17) is 8.83 Å². The van der Waals surface area contributed by atoms with Gasteiger partial charge in [0.2, 0.25) is 0 Å². The van der Waals surface area contributed by atoms with Crippen LogP contribution < -0.4 is 4.90 Å². The van der Waals surface area contributed by atoms with E-state index in [0.717, 1.165) is 94.4 Å². The Hall–Kier alpha value is -8.60. The lowest BCUT2D eigenvalue weighted by Gasteiger charge is -2.26. The Morgan fingerprint density at radius 1 is 0.338 bits per heavy atom. The molecule has 0 N–H and O–H groups in total. The first kappa shape index (κ1) is 37.0. The molecule has 13 aromatic rings. The minimum absolute atomic E-state index is 0.898. The minimum atomic E-state index is 0.898.